The maximum Gasteiger partial charge on any atom is 0.158 e. The van der Waals surface area contributed by atoms with Gasteiger partial charge in [-0.05, 0) is 37.5 Å². The summed E-state index contributed by atoms with van der Waals surface area (Å²) in [6.45, 7) is 6.48. The highest BCUT2D eigenvalue weighted by Gasteiger charge is 2.18. The van der Waals surface area contributed by atoms with Crippen LogP contribution in [0.1, 0.15) is 30.5 Å². The van der Waals surface area contributed by atoms with Crippen molar-refractivity contribution in [3.8, 4) is 11.3 Å². The van der Waals surface area contributed by atoms with E-state index in [9.17, 15) is 0 Å². The summed E-state index contributed by atoms with van der Waals surface area (Å²) in [6.07, 6.45) is 8.44. The number of hydrogen-bond donors (Lipinski definition) is 1. The number of aromatic nitrogens is 3. The lowest BCUT2D eigenvalue weighted by Gasteiger charge is -2.30. The van der Waals surface area contributed by atoms with Crippen molar-refractivity contribution >= 4 is 23.0 Å². The average Bonchev–Trinajstić information content (AvgIpc) is 3.29. The molecule has 0 spiro atoms. The molecule has 0 bridgehead atoms. The Labute approximate surface area is 158 Å². The van der Waals surface area contributed by atoms with E-state index in [-0.39, 0.29) is 0 Å². The van der Waals surface area contributed by atoms with E-state index in [4.69, 9.17) is 10.7 Å². The van der Waals surface area contributed by atoms with E-state index in [1.54, 1.807) is 0 Å². The van der Waals surface area contributed by atoms with Crippen molar-refractivity contribution < 1.29 is 0 Å². The van der Waals surface area contributed by atoms with Crippen LogP contribution in [0.15, 0.2) is 48.2 Å². The molecular formula is C21H22N6. The fourth-order valence-electron chi connectivity index (χ4n) is 3.91. The van der Waals surface area contributed by atoms with Gasteiger partial charge in [-0.15, -0.1) is 0 Å². The van der Waals surface area contributed by atoms with Gasteiger partial charge in [0.1, 0.15) is 11.5 Å². The van der Waals surface area contributed by atoms with Crippen molar-refractivity contribution in [1.29, 1.82) is 0 Å². The van der Waals surface area contributed by atoms with Crippen LogP contribution in [0.2, 0.25) is 0 Å². The molecule has 3 aromatic rings. The van der Waals surface area contributed by atoms with Crippen molar-refractivity contribution in [3.63, 3.8) is 0 Å². The van der Waals surface area contributed by atoms with Crippen molar-refractivity contribution in [1.82, 2.24) is 19.3 Å². The van der Waals surface area contributed by atoms with Crippen LogP contribution in [0.5, 0.6) is 0 Å². The third-order valence-electron chi connectivity index (χ3n) is 5.41. The molecule has 2 N–H and O–H groups in total. The van der Waals surface area contributed by atoms with E-state index in [0.717, 1.165) is 52.8 Å². The molecule has 5 rings (SSSR count). The number of nitrogens with two attached hydrogens (primary N) is 1. The second-order valence-corrected chi connectivity index (χ2v) is 7.24. The number of hydrogen-bond acceptors (Lipinski definition) is 5. The summed E-state index contributed by atoms with van der Waals surface area (Å²) in [7, 11) is 0. The van der Waals surface area contributed by atoms with Crippen LogP contribution in [0, 0.1) is 0 Å². The molecule has 6 heteroatoms. The Balaban J connectivity index is 1.54. The van der Waals surface area contributed by atoms with Crippen LogP contribution >= 0.6 is 0 Å². The van der Waals surface area contributed by atoms with Crippen LogP contribution in [-0.4, -0.2) is 38.2 Å². The van der Waals surface area contributed by atoms with E-state index in [1.165, 1.54) is 19.3 Å². The first kappa shape index (κ1) is 16.1. The SMILES string of the molecule is C=C(c1cnc2ccc(-c3ccc4c(n3)N=C(N)C4)cn12)N1CCCCC1. The lowest BCUT2D eigenvalue weighted by molar-refractivity contribution is 0.325. The molecule has 3 aromatic heterocycles. The Morgan fingerprint density at radius 1 is 1.07 bits per heavy atom. The summed E-state index contributed by atoms with van der Waals surface area (Å²) >= 11 is 0. The third kappa shape index (κ3) is 2.77. The zero-order valence-electron chi connectivity index (χ0n) is 15.2. The minimum Gasteiger partial charge on any atom is -0.387 e. The van der Waals surface area contributed by atoms with Crippen LogP contribution in [0.3, 0.4) is 0 Å². The highest BCUT2D eigenvalue weighted by molar-refractivity contribution is 5.90. The quantitative estimate of drug-likeness (QED) is 0.779. The highest BCUT2D eigenvalue weighted by Crippen LogP contribution is 2.29. The Bertz CT molecular complexity index is 1070. The van der Waals surface area contributed by atoms with Gasteiger partial charge in [-0.3, -0.25) is 4.40 Å². The van der Waals surface area contributed by atoms with Gasteiger partial charge in [0.2, 0.25) is 0 Å². The fourth-order valence-corrected chi connectivity index (χ4v) is 3.91. The largest absolute Gasteiger partial charge is 0.387 e. The van der Waals surface area contributed by atoms with Crippen LogP contribution in [-0.2, 0) is 6.42 Å². The monoisotopic (exact) mass is 358 g/mol. The molecule has 0 amide bonds. The number of fused-ring (bicyclic) bond motifs is 2. The van der Waals surface area contributed by atoms with Gasteiger partial charge in [-0.25, -0.2) is 15.0 Å². The highest BCUT2D eigenvalue weighted by atomic mass is 15.2. The van der Waals surface area contributed by atoms with Crippen molar-refractivity contribution in [2.24, 2.45) is 10.7 Å². The molecule has 0 atom stereocenters. The Hall–Kier alpha value is -3.15. The van der Waals surface area contributed by atoms with Gasteiger partial charge < -0.3 is 10.6 Å². The molecule has 0 saturated carbocycles. The van der Waals surface area contributed by atoms with Crippen LogP contribution in [0.4, 0.5) is 5.82 Å². The van der Waals surface area contributed by atoms with Gasteiger partial charge in [0.25, 0.3) is 0 Å². The van der Waals surface area contributed by atoms with Gasteiger partial charge in [-0.2, -0.15) is 0 Å². The Kier molecular flexibility index (Phi) is 3.70. The van der Waals surface area contributed by atoms with Crippen LogP contribution < -0.4 is 5.73 Å². The number of pyridine rings is 2. The van der Waals surface area contributed by atoms with E-state index in [2.05, 4.69) is 38.1 Å². The first-order valence-corrected chi connectivity index (χ1v) is 9.44. The number of imidazole rings is 1. The minimum atomic E-state index is 0.625. The predicted octanol–water partition coefficient (Wildman–Crippen LogP) is 3.40. The zero-order valence-corrected chi connectivity index (χ0v) is 15.2. The normalized spacial score (nSPS) is 16.4. The first-order chi connectivity index (χ1) is 13.2. The van der Waals surface area contributed by atoms with Crippen molar-refractivity contribution in [2.45, 2.75) is 25.7 Å². The number of aliphatic imine (C=N–C) groups is 1. The van der Waals surface area contributed by atoms with Gasteiger partial charge in [-0.1, -0.05) is 12.6 Å². The smallest absolute Gasteiger partial charge is 0.158 e. The lowest BCUT2D eigenvalue weighted by Crippen LogP contribution is -2.28. The summed E-state index contributed by atoms with van der Waals surface area (Å²) in [6, 6.07) is 8.16. The number of nitrogens with zero attached hydrogens (tertiary/aromatic N) is 5. The molecule has 136 valence electrons. The molecule has 1 saturated heterocycles. The first-order valence-electron chi connectivity index (χ1n) is 9.44. The van der Waals surface area contributed by atoms with Crippen molar-refractivity contribution in [3.05, 3.63) is 54.5 Å². The second kappa shape index (κ2) is 6.23. The van der Waals surface area contributed by atoms with Gasteiger partial charge in [0.05, 0.1) is 23.3 Å². The molecule has 2 aliphatic rings. The molecule has 27 heavy (non-hydrogen) atoms. The zero-order chi connectivity index (χ0) is 18.4. The summed E-state index contributed by atoms with van der Waals surface area (Å²) in [5, 5.41) is 0. The lowest BCUT2D eigenvalue weighted by atomic mass is 10.1. The molecule has 1 fully saturated rings. The number of rotatable bonds is 3. The topological polar surface area (TPSA) is 71.8 Å². The molecular weight excluding hydrogens is 336 g/mol. The molecule has 0 aromatic carbocycles. The fraction of sp³-hybridized carbons (Fsp3) is 0.286. The summed E-state index contributed by atoms with van der Waals surface area (Å²) in [5.74, 6) is 1.36. The van der Waals surface area contributed by atoms with E-state index < -0.39 is 0 Å². The predicted molar refractivity (Wildman–Crippen MR) is 108 cm³/mol. The molecule has 0 aliphatic carbocycles. The molecule has 6 nitrogen and oxygen atoms in total. The van der Waals surface area contributed by atoms with E-state index >= 15 is 0 Å². The van der Waals surface area contributed by atoms with Crippen LogP contribution in [0.25, 0.3) is 22.6 Å². The standard InChI is InChI=1S/C21H22N6/c1-14(26-9-3-2-4-10-26)18-12-23-20-8-6-16(13-27(18)20)17-7-5-15-11-19(22)25-21(15)24-17/h5-8,12-13H,1-4,9-11H2,(H2,22,24,25). The molecule has 0 radical (unpaired) electrons. The van der Waals surface area contributed by atoms with E-state index in [0.29, 0.717) is 12.3 Å². The Morgan fingerprint density at radius 3 is 2.78 bits per heavy atom. The minimum absolute atomic E-state index is 0.625. The second-order valence-electron chi connectivity index (χ2n) is 7.24. The van der Waals surface area contributed by atoms with Gasteiger partial charge in [0.15, 0.2) is 5.82 Å². The Morgan fingerprint density at radius 2 is 1.93 bits per heavy atom. The van der Waals surface area contributed by atoms with Gasteiger partial charge in [0, 0.05) is 36.8 Å². The molecule has 2 aliphatic heterocycles. The maximum atomic E-state index is 5.84. The van der Waals surface area contributed by atoms with E-state index in [1.807, 2.05) is 24.4 Å². The van der Waals surface area contributed by atoms with Gasteiger partial charge >= 0.3 is 0 Å². The molecule has 0 unspecified atom stereocenters. The third-order valence-corrected chi connectivity index (χ3v) is 5.41. The summed E-state index contributed by atoms with van der Waals surface area (Å²) < 4.78 is 2.11. The number of piperidine rings is 1. The maximum absolute atomic E-state index is 5.84. The number of likely N-dealkylation sites (tertiary alicyclic amines) is 1. The average molecular weight is 358 g/mol. The molecule has 5 heterocycles. The number of amidine groups is 1. The summed E-state index contributed by atoms with van der Waals surface area (Å²) in [4.78, 5) is 16.0. The summed E-state index contributed by atoms with van der Waals surface area (Å²) in [5.41, 5.74) is 11.8. The van der Waals surface area contributed by atoms with Crippen molar-refractivity contribution in [2.75, 3.05) is 13.1 Å².